The van der Waals surface area contributed by atoms with Crippen molar-refractivity contribution < 1.29 is 19.0 Å². The van der Waals surface area contributed by atoms with Gasteiger partial charge in [-0.1, -0.05) is 24.3 Å². The smallest absolute Gasteiger partial charge is 0.337 e. The number of anilines is 1. The van der Waals surface area contributed by atoms with Gasteiger partial charge in [-0.3, -0.25) is 4.90 Å². The van der Waals surface area contributed by atoms with Crippen molar-refractivity contribution in [3.63, 3.8) is 0 Å². The van der Waals surface area contributed by atoms with Crippen LogP contribution in [0.25, 0.3) is 0 Å². The molecule has 0 aliphatic carbocycles. The molecule has 1 atom stereocenters. The number of hydrogen-bond donors (Lipinski definition) is 1. The molecule has 3 rings (SSSR count). The SMILES string of the molecule is COC(=O)C1=C(C)N(c2cc(C)ccc2C)C(=S)NC1c1cccc(OC)c1OC. The van der Waals surface area contributed by atoms with Gasteiger partial charge in [-0.25, -0.2) is 4.79 Å². The number of ether oxygens (including phenoxy) is 3. The largest absolute Gasteiger partial charge is 0.493 e. The third-order valence-corrected chi connectivity index (χ3v) is 5.54. The molecule has 0 bridgehead atoms. The molecule has 1 aliphatic rings. The predicted molar refractivity (Wildman–Crippen MR) is 121 cm³/mol. The quantitative estimate of drug-likeness (QED) is 0.568. The Hall–Kier alpha value is -3.06. The van der Waals surface area contributed by atoms with Crippen LogP contribution in [0.4, 0.5) is 5.69 Å². The zero-order valence-electron chi connectivity index (χ0n) is 18.0. The Morgan fingerprint density at radius 2 is 1.80 bits per heavy atom. The molecule has 30 heavy (non-hydrogen) atoms. The van der Waals surface area contributed by atoms with Gasteiger partial charge in [0.25, 0.3) is 0 Å². The molecule has 158 valence electrons. The first-order valence-corrected chi connectivity index (χ1v) is 9.92. The molecule has 1 unspecified atom stereocenters. The molecule has 0 saturated carbocycles. The van der Waals surface area contributed by atoms with Crippen molar-refractivity contribution in [3.05, 3.63) is 64.4 Å². The summed E-state index contributed by atoms with van der Waals surface area (Å²) in [6.45, 7) is 5.91. The molecule has 0 saturated heterocycles. The number of nitrogens with one attached hydrogen (secondary N) is 1. The fourth-order valence-electron chi connectivity index (χ4n) is 3.74. The topological polar surface area (TPSA) is 60.0 Å². The van der Waals surface area contributed by atoms with Gasteiger partial charge in [-0.05, 0) is 56.2 Å². The van der Waals surface area contributed by atoms with Gasteiger partial charge in [-0.2, -0.15) is 0 Å². The third-order valence-electron chi connectivity index (χ3n) is 5.24. The molecule has 0 fully saturated rings. The van der Waals surface area contributed by atoms with Crippen molar-refractivity contribution in [2.75, 3.05) is 26.2 Å². The van der Waals surface area contributed by atoms with Crippen LogP contribution in [0.5, 0.6) is 11.5 Å². The van der Waals surface area contributed by atoms with E-state index in [0.29, 0.717) is 27.9 Å². The summed E-state index contributed by atoms with van der Waals surface area (Å²) in [5.74, 6) is 0.670. The molecule has 2 aromatic carbocycles. The van der Waals surface area contributed by atoms with E-state index in [9.17, 15) is 4.79 Å². The summed E-state index contributed by atoms with van der Waals surface area (Å²) in [6, 6.07) is 11.1. The maximum Gasteiger partial charge on any atom is 0.337 e. The fraction of sp³-hybridized carbons (Fsp3) is 0.304. The van der Waals surface area contributed by atoms with Crippen LogP contribution in [0.2, 0.25) is 0 Å². The standard InChI is InChI=1S/C23H26N2O4S/c1-13-10-11-14(2)17(12-13)25-15(3)19(22(26)29-6)20(24-23(25)30)16-8-7-9-18(27-4)21(16)28-5/h7-12,20H,1-6H3,(H,24,30). The number of allylic oxidation sites excluding steroid dienone is 1. The van der Waals surface area contributed by atoms with Gasteiger partial charge in [0.05, 0.1) is 38.6 Å². The molecule has 1 aliphatic heterocycles. The normalized spacial score (nSPS) is 16.3. The highest BCUT2D eigenvalue weighted by Crippen LogP contribution is 2.41. The number of aryl methyl sites for hydroxylation is 2. The number of methoxy groups -OCH3 is 3. The number of carbonyl (C=O) groups excluding carboxylic acids is 1. The summed E-state index contributed by atoms with van der Waals surface area (Å²) in [4.78, 5) is 14.8. The van der Waals surface area contributed by atoms with Crippen LogP contribution >= 0.6 is 12.2 Å². The van der Waals surface area contributed by atoms with E-state index in [0.717, 1.165) is 22.4 Å². The highest BCUT2D eigenvalue weighted by molar-refractivity contribution is 7.80. The molecule has 1 N–H and O–H groups in total. The monoisotopic (exact) mass is 426 g/mol. The van der Waals surface area contributed by atoms with Crippen molar-refractivity contribution in [1.82, 2.24) is 5.32 Å². The Labute approximate surface area is 182 Å². The summed E-state index contributed by atoms with van der Waals surface area (Å²) in [5, 5.41) is 3.80. The van der Waals surface area contributed by atoms with Crippen LogP contribution in [-0.4, -0.2) is 32.4 Å². The Kier molecular flexibility index (Phi) is 6.31. The highest BCUT2D eigenvalue weighted by atomic mass is 32.1. The van der Waals surface area contributed by atoms with Gasteiger partial charge in [0.2, 0.25) is 0 Å². The average molecular weight is 427 g/mol. The van der Waals surface area contributed by atoms with E-state index in [4.69, 9.17) is 26.4 Å². The van der Waals surface area contributed by atoms with E-state index in [1.807, 2.05) is 56.0 Å². The Morgan fingerprint density at radius 3 is 2.43 bits per heavy atom. The number of para-hydroxylation sites is 1. The molecular formula is C23H26N2O4S. The van der Waals surface area contributed by atoms with Crippen molar-refractivity contribution in [3.8, 4) is 11.5 Å². The van der Waals surface area contributed by atoms with E-state index in [2.05, 4.69) is 5.32 Å². The third kappa shape index (κ3) is 3.73. The predicted octanol–water partition coefficient (Wildman–Crippen LogP) is 4.20. The number of esters is 1. The van der Waals surface area contributed by atoms with Gasteiger partial charge < -0.3 is 19.5 Å². The van der Waals surface area contributed by atoms with E-state index < -0.39 is 12.0 Å². The maximum atomic E-state index is 12.9. The maximum absolute atomic E-state index is 12.9. The second kappa shape index (κ2) is 8.75. The number of hydrogen-bond acceptors (Lipinski definition) is 5. The van der Waals surface area contributed by atoms with E-state index in [1.54, 1.807) is 20.3 Å². The molecule has 1 heterocycles. The van der Waals surface area contributed by atoms with Gasteiger partial charge in [0, 0.05) is 11.3 Å². The molecule has 2 aromatic rings. The van der Waals surface area contributed by atoms with E-state index in [-0.39, 0.29) is 0 Å². The van der Waals surface area contributed by atoms with Crippen LogP contribution in [0.1, 0.15) is 29.7 Å². The Balaban J connectivity index is 2.24. The first-order valence-electron chi connectivity index (χ1n) is 9.51. The second-order valence-electron chi connectivity index (χ2n) is 7.08. The lowest BCUT2D eigenvalue weighted by Crippen LogP contribution is -2.48. The zero-order chi connectivity index (χ0) is 22.0. The van der Waals surface area contributed by atoms with Crippen molar-refractivity contribution in [2.24, 2.45) is 0 Å². The van der Waals surface area contributed by atoms with Crippen LogP contribution in [-0.2, 0) is 9.53 Å². The van der Waals surface area contributed by atoms with Crippen LogP contribution in [0, 0.1) is 13.8 Å². The first kappa shape index (κ1) is 21.6. The molecule has 6 nitrogen and oxygen atoms in total. The summed E-state index contributed by atoms with van der Waals surface area (Å²) in [6.07, 6.45) is 0. The molecule has 0 radical (unpaired) electrons. The minimum Gasteiger partial charge on any atom is -0.493 e. The fourth-order valence-corrected chi connectivity index (χ4v) is 4.09. The summed E-state index contributed by atoms with van der Waals surface area (Å²) < 4.78 is 16.2. The lowest BCUT2D eigenvalue weighted by molar-refractivity contribution is -0.136. The lowest BCUT2D eigenvalue weighted by Gasteiger charge is -2.38. The first-order chi connectivity index (χ1) is 14.3. The average Bonchev–Trinajstić information content (AvgIpc) is 2.74. The molecular weight excluding hydrogens is 400 g/mol. The lowest BCUT2D eigenvalue weighted by atomic mass is 9.93. The molecule has 0 spiro atoms. The minimum atomic E-state index is -0.545. The van der Waals surface area contributed by atoms with Gasteiger partial charge >= 0.3 is 5.97 Å². The Bertz CT molecular complexity index is 1030. The van der Waals surface area contributed by atoms with E-state index >= 15 is 0 Å². The molecule has 0 amide bonds. The van der Waals surface area contributed by atoms with Gasteiger partial charge in [0.1, 0.15) is 0 Å². The summed E-state index contributed by atoms with van der Waals surface area (Å²) in [5.41, 5.74) is 4.96. The zero-order valence-corrected chi connectivity index (χ0v) is 18.8. The minimum absolute atomic E-state index is 0.437. The number of benzene rings is 2. The van der Waals surface area contributed by atoms with Crippen molar-refractivity contribution >= 4 is 29.0 Å². The van der Waals surface area contributed by atoms with Crippen LogP contribution in [0.15, 0.2) is 47.7 Å². The number of carbonyl (C=O) groups is 1. The molecule has 0 aromatic heterocycles. The number of nitrogens with zero attached hydrogens (tertiary/aromatic N) is 1. The highest BCUT2D eigenvalue weighted by Gasteiger charge is 2.37. The molecule has 7 heteroatoms. The second-order valence-corrected chi connectivity index (χ2v) is 7.47. The number of thiocarbonyl (C=S) groups is 1. The van der Waals surface area contributed by atoms with Crippen molar-refractivity contribution in [2.45, 2.75) is 26.8 Å². The summed E-state index contributed by atoms with van der Waals surface area (Å²) in [7, 11) is 4.52. The van der Waals surface area contributed by atoms with Gasteiger partial charge in [0.15, 0.2) is 16.6 Å². The van der Waals surface area contributed by atoms with Crippen molar-refractivity contribution in [1.29, 1.82) is 0 Å². The van der Waals surface area contributed by atoms with Crippen LogP contribution in [0.3, 0.4) is 0 Å². The number of rotatable bonds is 5. The Morgan fingerprint density at radius 1 is 1.07 bits per heavy atom. The van der Waals surface area contributed by atoms with E-state index in [1.165, 1.54) is 7.11 Å². The van der Waals surface area contributed by atoms with Gasteiger partial charge in [-0.15, -0.1) is 0 Å². The summed E-state index contributed by atoms with van der Waals surface area (Å²) >= 11 is 5.74. The van der Waals surface area contributed by atoms with Crippen LogP contribution < -0.4 is 19.7 Å².